The van der Waals surface area contributed by atoms with E-state index >= 15 is 0 Å². The quantitative estimate of drug-likeness (QED) is 0.608. The molecule has 0 unspecified atom stereocenters. The molecule has 0 aromatic heterocycles. The predicted octanol–water partition coefficient (Wildman–Crippen LogP) is 6.45. The van der Waals surface area contributed by atoms with Crippen LogP contribution in [0.3, 0.4) is 0 Å². The van der Waals surface area contributed by atoms with Crippen LogP contribution in [-0.2, 0) is 6.42 Å². The third-order valence-corrected chi connectivity index (χ3v) is 5.21. The lowest BCUT2D eigenvalue weighted by Gasteiger charge is -2.28. The molecule has 0 nitrogen and oxygen atoms in total. The van der Waals surface area contributed by atoms with E-state index < -0.39 is 6.43 Å². The van der Waals surface area contributed by atoms with E-state index in [-0.39, 0.29) is 5.92 Å². The van der Waals surface area contributed by atoms with Gasteiger partial charge in [-0.2, -0.15) is 0 Å². The van der Waals surface area contributed by atoms with Crippen LogP contribution in [0.15, 0.2) is 48.5 Å². The van der Waals surface area contributed by atoms with Gasteiger partial charge in [-0.15, -0.1) is 0 Å². The van der Waals surface area contributed by atoms with Crippen molar-refractivity contribution in [1.29, 1.82) is 0 Å². The van der Waals surface area contributed by atoms with E-state index in [1.807, 2.05) is 0 Å². The van der Waals surface area contributed by atoms with Crippen molar-refractivity contribution in [3.05, 3.63) is 59.7 Å². The summed E-state index contributed by atoms with van der Waals surface area (Å²) in [5.41, 5.74) is 5.10. The SMILES string of the molecule is CCc1ccc(-c2ccc(C3CCC(C(F)F)CC3)cc2)cc1. The zero-order valence-corrected chi connectivity index (χ0v) is 13.6. The second kappa shape index (κ2) is 7.25. The fourth-order valence-corrected chi connectivity index (χ4v) is 3.59. The monoisotopic (exact) mass is 314 g/mol. The molecule has 0 spiro atoms. The summed E-state index contributed by atoms with van der Waals surface area (Å²) in [7, 11) is 0. The van der Waals surface area contributed by atoms with Crippen molar-refractivity contribution in [1.82, 2.24) is 0 Å². The minimum Gasteiger partial charge on any atom is -0.210 e. The summed E-state index contributed by atoms with van der Waals surface area (Å²) in [6.07, 6.45) is 1.99. The molecule has 122 valence electrons. The van der Waals surface area contributed by atoms with Crippen LogP contribution in [0, 0.1) is 5.92 Å². The van der Waals surface area contributed by atoms with Gasteiger partial charge in [0, 0.05) is 5.92 Å². The van der Waals surface area contributed by atoms with Crippen LogP contribution in [0.4, 0.5) is 8.78 Å². The topological polar surface area (TPSA) is 0 Å². The summed E-state index contributed by atoms with van der Waals surface area (Å²) >= 11 is 0. The zero-order valence-electron chi connectivity index (χ0n) is 13.6. The maximum atomic E-state index is 12.7. The Morgan fingerprint density at radius 2 is 1.35 bits per heavy atom. The Bertz CT molecular complexity index is 605. The van der Waals surface area contributed by atoms with E-state index in [4.69, 9.17) is 0 Å². The highest BCUT2D eigenvalue weighted by Gasteiger charge is 2.27. The van der Waals surface area contributed by atoms with E-state index in [1.54, 1.807) is 0 Å². The van der Waals surface area contributed by atoms with Crippen LogP contribution in [0.1, 0.15) is 49.7 Å². The lowest BCUT2D eigenvalue weighted by molar-refractivity contribution is 0.0528. The summed E-state index contributed by atoms with van der Waals surface area (Å²) in [4.78, 5) is 0. The molecular weight excluding hydrogens is 290 g/mol. The van der Waals surface area contributed by atoms with E-state index in [1.165, 1.54) is 22.3 Å². The van der Waals surface area contributed by atoms with Gasteiger partial charge in [0.25, 0.3) is 0 Å². The molecule has 0 aliphatic heterocycles. The highest BCUT2D eigenvalue weighted by Crippen LogP contribution is 2.38. The first-order chi connectivity index (χ1) is 11.2. The molecule has 0 amide bonds. The summed E-state index contributed by atoms with van der Waals surface area (Å²) < 4.78 is 25.5. The van der Waals surface area contributed by atoms with E-state index in [2.05, 4.69) is 55.5 Å². The van der Waals surface area contributed by atoms with Crippen LogP contribution >= 0.6 is 0 Å². The molecule has 0 heterocycles. The average Bonchev–Trinajstić information content (AvgIpc) is 2.62. The molecule has 1 aliphatic rings. The van der Waals surface area contributed by atoms with Gasteiger partial charge in [-0.3, -0.25) is 0 Å². The highest BCUT2D eigenvalue weighted by molar-refractivity contribution is 5.64. The van der Waals surface area contributed by atoms with Crippen molar-refractivity contribution in [2.75, 3.05) is 0 Å². The van der Waals surface area contributed by atoms with Crippen molar-refractivity contribution in [3.8, 4) is 11.1 Å². The molecule has 1 fully saturated rings. The zero-order chi connectivity index (χ0) is 16.2. The second-order valence-electron chi connectivity index (χ2n) is 6.62. The van der Waals surface area contributed by atoms with Gasteiger partial charge < -0.3 is 0 Å². The van der Waals surface area contributed by atoms with Crippen LogP contribution in [0.2, 0.25) is 0 Å². The molecule has 1 saturated carbocycles. The first kappa shape index (κ1) is 16.2. The largest absolute Gasteiger partial charge is 0.241 e. The van der Waals surface area contributed by atoms with Crippen molar-refractivity contribution in [2.24, 2.45) is 5.92 Å². The van der Waals surface area contributed by atoms with Gasteiger partial charge in [-0.25, -0.2) is 8.78 Å². The van der Waals surface area contributed by atoms with E-state index in [0.29, 0.717) is 18.8 Å². The van der Waals surface area contributed by atoms with Crippen molar-refractivity contribution >= 4 is 0 Å². The maximum Gasteiger partial charge on any atom is 0.241 e. The number of aryl methyl sites for hydroxylation is 1. The number of rotatable bonds is 4. The van der Waals surface area contributed by atoms with Crippen LogP contribution < -0.4 is 0 Å². The van der Waals surface area contributed by atoms with Gasteiger partial charge in [0.05, 0.1) is 0 Å². The Kier molecular flexibility index (Phi) is 5.09. The fraction of sp³-hybridized carbons (Fsp3) is 0.429. The molecule has 0 saturated heterocycles. The lowest BCUT2D eigenvalue weighted by atomic mass is 9.78. The average molecular weight is 314 g/mol. The van der Waals surface area contributed by atoms with E-state index in [0.717, 1.165) is 19.3 Å². The molecule has 2 aromatic rings. The Hall–Kier alpha value is -1.70. The highest BCUT2D eigenvalue weighted by atomic mass is 19.3. The predicted molar refractivity (Wildman–Crippen MR) is 92.0 cm³/mol. The molecule has 2 aromatic carbocycles. The summed E-state index contributed by atoms with van der Waals surface area (Å²) in [5.74, 6) is 0.0594. The molecule has 23 heavy (non-hydrogen) atoms. The van der Waals surface area contributed by atoms with Crippen molar-refractivity contribution in [2.45, 2.75) is 51.4 Å². The van der Waals surface area contributed by atoms with E-state index in [9.17, 15) is 8.78 Å². The van der Waals surface area contributed by atoms with Crippen molar-refractivity contribution < 1.29 is 8.78 Å². The fourth-order valence-electron chi connectivity index (χ4n) is 3.59. The third-order valence-electron chi connectivity index (χ3n) is 5.21. The smallest absolute Gasteiger partial charge is 0.210 e. The lowest BCUT2D eigenvalue weighted by Crippen LogP contribution is -2.19. The molecule has 2 heteroatoms. The molecule has 0 bridgehead atoms. The number of benzene rings is 2. The molecule has 0 atom stereocenters. The first-order valence-electron chi connectivity index (χ1n) is 8.64. The number of alkyl halides is 2. The molecule has 0 radical (unpaired) electrons. The second-order valence-corrected chi connectivity index (χ2v) is 6.62. The van der Waals surface area contributed by atoms with Gasteiger partial charge in [0.15, 0.2) is 0 Å². The number of hydrogen-bond donors (Lipinski definition) is 0. The Morgan fingerprint density at radius 3 is 1.83 bits per heavy atom. The summed E-state index contributed by atoms with van der Waals surface area (Å²) in [6, 6.07) is 17.4. The molecule has 1 aliphatic carbocycles. The third kappa shape index (κ3) is 3.80. The molecule has 0 N–H and O–H groups in total. The minimum atomic E-state index is -2.15. The number of halogens is 2. The summed E-state index contributed by atoms with van der Waals surface area (Å²) in [5, 5.41) is 0. The molecule has 3 rings (SSSR count). The Morgan fingerprint density at radius 1 is 0.826 bits per heavy atom. The van der Waals surface area contributed by atoms with Gasteiger partial charge in [-0.05, 0) is 60.3 Å². The van der Waals surface area contributed by atoms with Crippen LogP contribution in [-0.4, -0.2) is 6.43 Å². The molecular formula is C21H24F2. The van der Waals surface area contributed by atoms with Crippen LogP contribution in [0.5, 0.6) is 0 Å². The maximum absolute atomic E-state index is 12.7. The van der Waals surface area contributed by atoms with Crippen molar-refractivity contribution in [3.63, 3.8) is 0 Å². The van der Waals surface area contributed by atoms with Crippen LogP contribution in [0.25, 0.3) is 11.1 Å². The van der Waals surface area contributed by atoms with Gasteiger partial charge in [-0.1, -0.05) is 55.5 Å². The van der Waals surface area contributed by atoms with Gasteiger partial charge >= 0.3 is 0 Å². The Labute approximate surface area is 137 Å². The van der Waals surface area contributed by atoms with Gasteiger partial charge in [0.2, 0.25) is 6.43 Å². The normalized spacial score (nSPS) is 21.6. The van der Waals surface area contributed by atoms with Gasteiger partial charge in [0.1, 0.15) is 0 Å². The summed E-state index contributed by atoms with van der Waals surface area (Å²) in [6.45, 7) is 2.16. The standard InChI is InChI=1S/C21H24F2/c1-2-15-3-5-16(6-4-15)17-7-9-18(10-8-17)19-11-13-20(14-12-19)21(22)23/h3-10,19-21H,2,11-14H2,1H3. The first-order valence-corrected chi connectivity index (χ1v) is 8.64. The number of hydrogen-bond acceptors (Lipinski definition) is 0. The minimum absolute atomic E-state index is 0.386. The Balaban J connectivity index is 1.67.